The lowest BCUT2D eigenvalue weighted by Gasteiger charge is -2.29. The van der Waals surface area contributed by atoms with Crippen LogP contribution in [-0.2, 0) is 14.8 Å². The highest BCUT2D eigenvalue weighted by Gasteiger charge is 2.30. The standard InChI is InChI=1S/C25H24N4O3S2/c30-24(26-22-8-6-20(7-9-22)23-18-28-15-16-33-25(28)27-23)21-10-13-29(14-11-21)34(31,32)17-12-19-4-2-1-3-5-19/h1-9,12,15-18,21H,10-11,13-14H2,(H,26,30)/b17-12+. The molecule has 1 aliphatic heterocycles. The second-order valence-corrected chi connectivity index (χ2v) is 10.9. The second-order valence-electron chi connectivity index (χ2n) is 8.22. The number of nitrogens with zero attached hydrogens (tertiary/aromatic N) is 3. The Morgan fingerprint density at radius 2 is 1.79 bits per heavy atom. The van der Waals surface area contributed by atoms with E-state index in [0.717, 1.165) is 27.5 Å². The molecule has 5 rings (SSSR count). The Labute approximate surface area is 202 Å². The third kappa shape index (κ3) is 4.96. The van der Waals surface area contributed by atoms with Crippen molar-refractivity contribution in [2.75, 3.05) is 18.4 Å². The van der Waals surface area contributed by atoms with Gasteiger partial charge in [-0.2, -0.15) is 4.31 Å². The van der Waals surface area contributed by atoms with Crippen molar-refractivity contribution in [3.05, 3.63) is 83.3 Å². The van der Waals surface area contributed by atoms with Crippen molar-refractivity contribution in [3.63, 3.8) is 0 Å². The minimum Gasteiger partial charge on any atom is -0.326 e. The van der Waals surface area contributed by atoms with Crippen LogP contribution in [0, 0.1) is 5.92 Å². The number of imidazole rings is 1. The number of rotatable bonds is 6. The maximum absolute atomic E-state index is 12.8. The smallest absolute Gasteiger partial charge is 0.236 e. The van der Waals surface area contributed by atoms with Crippen LogP contribution in [0.5, 0.6) is 0 Å². The molecule has 1 saturated heterocycles. The van der Waals surface area contributed by atoms with E-state index in [1.165, 1.54) is 9.71 Å². The van der Waals surface area contributed by atoms with Crippen molar-refractivity contribution < 1.29 is 13.2 Å². The molecule has 0 spiro atoms. The summed E-state index contributed by atoms with van der Waals surface area (Å²) in [6.07, 6.45) is 6.55. The molecule has 0 radical (unpaired) electrons. The van der Waals surface area contributed by atoms with Crippen LogP contribution in [0.25, 0.3) is 22.3 Å². The number of piperidine rings is 1. The van der Waals surface area contributed by atoms with E-state index in [2.05, 4.69) is 10.3 Å². The number of benzene rings is 2. The molecule has 9 heteroatoms. The number of hydrogen-bond acceptors (Lipinski definition) is 5. The molecule has 0 atom stereocenters. The van der Waals surface area contributed by atoms with Gasteiger partial charge in [-0.25, -0.2) is 13.4 Å². The molecule has 1 amide bonds. The maximum Gasteiger partial charge on any atom is 0.236 e. The molecule has 1 aliphatic rings. The molecular formula is C25H24N4O3S2. The lowest BCUT2D eigenvalue weighted by molar-refractivity contribution is -0.120. The van der Waals surface area contributed by atoms with Gasteiger partial charge >= 0.3 is 0 Å². The Balaban J connectivity index is 1.16. The lowest BCUT2D eigenvalue weighted by Crippen LogP contribution is -2.40. The summed E-state index contributed by atoms with van der Waals surface area (Å²) in [5.74, 6) is -0.295. The number of nitrogens with one attached hydrogen (secondary N) is 1. The Hall–Kier alpha value is -3.27. The van der Waals surface area contributed by atoms with Crippen LogP contribution >= 0.6 is 11.3 Å². The van der Waals surface area contributed by atoms with Crippen LogP contribution in [0.1, 0.15) is 18.4 Å². The van der Waals surface area contributed by atoms with Gasteiger partial charge in [0.2, 0.25) is 15.9 Å². The Morgan fingerprint density at radius 3 is 2.50 bits per heavy atom. The van der Waals surface area contributed by atoms with Crippen LogP contribution < -0.4 is 5.32 Å². The predicted molar refractivity (Wildman–Crippen MR) is 136 cm³/mol. The number of sulfonamides is 1. The van der Waals surface area contributed by atoms with Crippen LogP contribution in [0.3, 0.4) is 0 Å². The predicted octanol–water partition coefficient (Wildman–Crippen LogP) is 4.71. The highest BCUT2D eigenvalue weighted by Crippen LogP contribution is 2.25. The molecule has 0 saturated carbocycles. The van der Waals surface area contributed by atoms with Gasteiger partial charge in [0.1, 0.15) is 0 Å². The van der Waals surface area contributed by atoms with Gasteiger partial charge in [0, 0.05) is 53.4 Å². The summed E-state index contributed by atoms with van der Waals surface area (Å²) in [4.78, 5) is 18.3. The minimum atomic E-state index is -3.51. The Bertz CT molecular complexity index is 1390. The Morgan fingerprint density at radius 1 is 1.06 bits per heavy atom. The van der Waals surface area contributed by atoms with Crippen molar-refractivity contribution in [2.45, 2.75) is 12.8 Å². The SMILES string of the molecule is O=C(Nc1ccc(-c2cn3ccsc3n2)cc1)C1CCN(S(=O)(=O)/C=C/c2ccccc2)CC1. The molecule has 0 bridgehead atoms. The molecular weight excluding hydrogens is 468 g/mol. The van der Waals surface area contributed by atoms with Crippen LogP contribution in [0.2, 0.25) is 0 Å². The monoisotopic (exact) mass is 492 g/mol. The maximum atomic E-state index is 12.8. The molecule has 34 heavy (non-hydrogen) atoms. The van der Waals surface area contributed by atoms with Gasteiger partial charge in [0.25, 0.3) is 0 Å². The molecule has 2 aromatic carbocycles. The molecule has 4 aromatic rings. The zero-order valence-electron chi connectivity index (χ0n) is 18.4. The van der Waals surface area contributed by atoms with Crippen molar-refractivity contribution in [3.8, 4) is 11.3 Å². The summed E-state index contributed by atoms with van der Waals surface area (Å²) in [5, 5.41) is 6.20. The van der Waals surface area contributed by atoms with Crippen LogP contribution in [-0.4, -0.2) is 41.1 Å². The number of amides is 1. The van der Waals surface area contributed by atoms with Crippen LogP contribution in [0.4, 0.5) is 5.69 Å². The van der Waals surface area contributed by atoms with E-state index in [4.69, 9.17) is 0 Å². The fourth-order valence-corrected chi connectivity index (χ4v) is 5.94. The van der Waals surface area contributed by atoms with E-state index in [1.807, 2.05) is 76.8 Å². The normalized spacial score (nSPS) is 15.8. The molecule has 0 unspecified atom stereocenters. The van der Waals surface area contributed by atoms with Gasteiger partial charge < -0.3 is 5.32 Å². The number of anilines is 1. The van der Waals surface area contributed by atoms with Crippen LogP contribution in [0.15, 0.2) is 77.8 Å². The lowest BCUT2D eigenvalue weighted by atomic mass is 9.97. The summed E-state index contributed by atoms with van der Waals surface area (Å²) in [6.45, 7) is 0.659. The van der Waals surface area contributed by atoms with Crippen molar-refractivity contribution in [1.29, 1.82) is 0 Å². The molecule has 7 nitrogen and oxygen atoms in total. The number of carbonyl (C=O) groups excluding carboxylic acids is 1. The first-order valence-corrected chi connectivity index (χ1v) is 13.4. The van der Waals surface area contributed by atoms with Gasteiger partial charge in [-0.1, -0.05) is 42.5 Å². The van der Waals surface area contributed by atoms with Gasteiger partial charge in [-0.3, -0.25) is 9.20 Å². The number of aromatic nitrogens is 2. The zero-order chi connectivity index (χ0) is 23.5. The molecule has 1 N–H and O–H groups in total. The minimum absolute atomic E-state index is 0.0767. The summed E-state index contributed by atoms with van der Waals surface area (Å²) in [7, 11) is -3.51. The van der Waals surface area contributed by atoms with E-state index < -0.39 is 10.0 Å². The number of carbonyl (C=O) groups is 1. The molecule has 1 fully saturated rings. The Kier molecular flexibility index (Phi) is 6.32. The molecule has 3 heterocycles. The molecule has 0 aliphatic carbocycles. The third-order valence-corrected chi connectivity index (χ3v) is 8.29. The summed E-state index contributed by atoms with van der Waals surface area (Å²) >= 11 is 1.58. The second kappa shape index (κ2) is 9.54. The molecule has 174 valence electrons. The molecule has 2 aromatic heterocycles. The van der Waals surface area contributed by atoms with Gasteiger partial charge in [-0.05, 0) is 36.6 Å². The topological polar surface area (TPSA) is 83.8 Å². The average molecular weight is 493 g/mol. The largest absolute Gasteiger partial charge is 0.326 e. The van der Waals surface area contributed by atoms with Crippen molar-refractivity contribution in [1.82, 2.24) is 13.7 Å². The summed E-state index contributed by atoms with van der Waals surface area (Å²) in [6, 6.07) is 16.9. The summed E-state index contributed by atoms with van der Waals surface area (Å²) < 4.78 is 28.7. The van der Waals surface area contributed by atoms with E-state index in [9.17, 15) is 13.2 Å². The van der Waals surface area contributed by atoms with Crippen molar-refractivity contribution in [2.24, 2.45) is 5.92 Å². The quantitative estimate of drug-likeness (QED) is 0.422. The first-order chi connectivity index (χ1) is 16.5. The fraction of sp³-hybridized carbons (Fsp3) is 0.200. The number of thiazole rings is 1. The van der Waals surface area contributed by atoms with Gasteiger partial charge in [0.05, 0.1) is 5.69 Å². The highest BCUT2D eigenvalue weighted by molar-refractivity contribution is 7.92. The number of hydrogen-bond donors (Lipinski definition) is 1. The van der Waals surface area contributed by atoms with E-state index in [0.29, 0.717) is 25.9 Å². The van der Waals surface area contributed by atoms with Gasteiger partial charge in [0.15, 0.2) is 4.96 Å². The van der Waals surface area contributed by atoms with E-state index in [-0.39, 0.29) is 11.8 Å². The van der Waals surface area contributed by atoms with Crippen molar-refractivity contribution >= 4 is 44.0 Å². The van der Waals surface area contributed by atoms with Gasteiger partial charge in [-0.15, -0.1) is 11.3 Å². The average Bonchev–Trinajstić information content (AvgIpc) is 3.47. The summed E-state index contributed by atoms with van der Waals surface area (Å²) in [5.41, 5.74) is 3.42. The number of fused-ring (bicyclic) bond motifs is 1. The van der Waals surface area contributed by atoms with E-state index in [1.54, 1.807) is 17.4 Å². The third-order valence-electron chi connectivity index (χ3n) is 5.96. The zero-order valence-corrected chi connectivity index (χ0v) is 20.0. The fourth-order valence-electron chi connectivity index (χ4n) is 4.02. The van der Waals surface area contributed by atoms with E-state index >= 15 is 0 Å². The first kappa shape index (κ1) is 22.5. The highest BCUT2D eigenvalue weighted by atomic mass is 32.2. The first-order valence-electron chi connectivity index (χ1n) is 11.0.